The third-order valence-electron chi connectivity index (χ3n) is 6.58. The number of rotatable bonds is 3. The van der Waals surface area contributed by atoms with E-state index in [0.29, 0.717) is 19.7 Å². The van der Waals surface area contributed by atoms with Gasteiger partial charge in [0.25, 0.3) is 5.91 Å². The van der Waals surface area contributed by atoms with Gasteiger partial charge in [-0.3, -0.25) is 9.59 Å². The van der Waals surface area contributed by atoms with E-state index in [1.807, 2.05) is 29.3 Å². The molecule has 1 spiro atoms. The lowest BCUT2D eigenvalue weighted by molar-refractivity contribution is -0.140. The lowest BCUT2D eigenvalue weighted by atomic mass is 9.88. The molecular weight excluding hydrogens is 382 g/mol. The number of amides is 2. The Bertz CT molecular complexity index is 981. The fraction of sp³-hybridized carbons (Fsp3) is 0.500. The summed E-state index contributed by atoms with van der Waals surface area (Å²) in [5.74, 6) is 0.907. The second kappa shape index (κ2) is 7.12. The molecule has 0 N–H and O–H groups in total. The monoisotopic (exact) mass is 409 g/mol. The van der Waals surface area contributed by atoms with E-state index in [4.69, 9.17) is 4.74 Å². The Kier molecular flexibility index (Phi) is 4.54. The fourth-order valence-corrected chi connectivity index (χ4v) is 5.00. The number of ether oxygens (including phenoxy) is 1. The van der Waals surface area contributed by atoms with E-state index in [9.17, 15) is 9.59 Å². The van der Waals surface area contributed by atoms with Crippen molar-refractivity contribution in [3.05, 3.63) is 42.4 Å². The maximum atomic E-state index is 13.1. The van der Waals surface area contributed by atoms with Crippen molar-refractivity contribution in [3.8, 4) is 5.82 Å². The Labute approximate surface area is 176 Å². The molecule has 2 aromatic rings. The first kappa shape index (κ1) is 19.1. The van der Waals surface area contributed by atoms with Gasteiger partial charge in [-0.2, -0.15) is 0 Å². The highest BCUT2D eigenvalue weighted by molar-refractivity contribution is 5.85. The number of aromatic nitrogens is 2. The van der Waals surface area contributed by atoms with Crippen LogP contribution in [0.4, 0.5) is 5.69 Å². The standard InChI is InChI=1S/C22H27N5O3/c1-24(2)19(28)14-27-16-6-3-10-23-20(16)26-11-4-8-18(26)22(27)9-12-25(15-22)21(29)17-7-5-13-30-17/h3-4,6,8,10-11,17H,5,7,9,12-15H2,1-2H3/t17-,22?/m1/s1. The number of pyridine rings is 1. The van der Waals surface area contributed by atoms with Crippen molar-refractivity contribution in [2.24, 2.45) is 0 Å². The van der Waals surface area contributed by atoms with Crippen molar-refractivity contribution in [3.63, 3.8) is 0 Å². The summed E-state index contributed by atoms with van der Waals surface area (Å²) in [5.41, 5.74) is 1.52. The Hall–Kier alpha value is -2.87. The summed E-state index contributed by atoms with van der Waals surface area (Å²) >= 11 is 0. The fourth-order valence-electron chi connectivity index (χ4n) is 5.00. The predicted octanol–water partition coefficient (Wildman–Crippen LogP) is 1.39. The van der Waals surface area contributed by atoms with Crippen LogP contribution in [0.5, 0.6) is 0 Å². The minimum Gasteiger partial charge on any atom is -0.368 e. The summed E-state index contributed by atoms with van der Waals surface area (Å²) in [4.78, 5) is 36.2. The Morgan fingerprint density at radius 1 is 1.30 bits per heavy atom. The molecule has 3 aliphatic heterocycles. The first-order valence-electron chi connectivity index (χ1n) is 10.5. The molecule has 30 heavy (non-hydrogen) atoms. The number of fused-ring (bicyclic) bond motifs is 4. The number of likely N-dealkylation sites (tertiary alicyclic amines) is 1. The maximum Gasteiger partial charge on any atom is 0.251 e. The Balaban J connectivity index is 1.57. The van der Waals surface area contributed by atoms with Gasteiger partial charge in [-0.15, -0.1) is 0 Å². The number of carbonyl (C=O) groups excluding carboxylic acids is 2. The maximum absolute atomic E-state index is 13.1. The highest BCUT2D eigenvalue weighted by Gasteiger charge is 2.52. The number of carbonyl (C=O) groups is 2. The molecule has 0 aliphatic carbocycles. The van der Waals surface area contributed by atoms with Crippen molar-refractivity contribution >= 4 is 17.5 Å². The molecule has 2 atom stereocenters. The van der Waals surface area contributed by atoms with E-state index in [-0.39, 0.29) is 24.5 Å². The van der Waals surface area contributed by atoms with E-state index in [0.717, 1.165) is 36.5 Å². The predicted molar refractivity (Wildman–Crippen MR) is 111 cm³/mol. The molecule has 3 aliphatic rings. The number of likely N-dealkylation sites (N-methyl/N-ethyl adjacent to an activating group) is 1. The number of nitrogens with zero attached hydrogens (tertiary/aromatic N) is 5. The lowest BCUT2D eigenvalue weighted by Crippen LogP contribution is -2.55. The average molecular weight is 409 g/mol. The van der Waals surface area contributed by atoms with Gasteiger partial charge in [-0.1, -0.05) is 0 Å². The van der Waals surface area contributed by atoms with E-state index in [2.05, 4.69) is 20.5 Å². The second-order valence-corrected chi connectivity index (χ2v) is 8.53. The first-order valence-corrected chi connectivity index (χ1v) is 10.5. The van der Waals surface area contributed by atoms with Gasteiger partial charge >= 0.3 is 0 Å². The van der Waals surface area contributed by atoms with E-state index in [1.165, 1.54) is 0 Å². The Morgan fingerprint density at radius 3 is 2.93 bits per heavy atom. The van der Waals surface area contributed by atoms with Gasteiger partial charge in [0.2, 0.25) is 5.91 Å². The minimum absolute atomic E-state index is 0.0214. The quantitative estimate of drug-likeness (QED) is 0.766. The molecule has 1 unspecified atom stereocenters. The van der Waals surface area contributed by atoms with Crippen LogP contribution < -0.4 is 4.90 Å². The summed E-state index contributed by atoms with van der Waals surface area (Å²) in [6.45, 7) is 2.07. The smallest absolute Gasteiger partial charge is 0.251 e. The van der Waals surface area contributed by atoms with Gasteiger partial charge < -0.3 is 24.0 Å². The SMILES string of the molecule is CN(C)C(=O)CN1c2cccnc2-n2cccc2C12CCN(C(=O)[C@H]1CCCO1)C2. The van der Waals surface area contributed by atoms with E-state index < -0.39 is 5.54 Å². The topological polar surface area (TPSA) is 70.9 Å². The molecule has 2 fully saturated rings. The van der Waals surface area contributed by atoms with Gasteiger partial charge in [-0.25, -0.2) is 4.98 Å². The molecule has 2 amide bonds. The zero-order chi connectivity index (χ0) is 20.9. The summed E-state index contributed by atoms with van der Waals surface area (Å²) in [6.07, 6.45) is 5.92. The van der Waals surface area contributed by atoms with Gasteiger partial charge in [0.15, 0.2) is 5.82 Å². The molecule has 8 nitrogen and oxygen atoms in total. The first-order chi connectivity index (χ1) is 14.5. The summed E-state index contributed by atoms with van der Waals surface area (Å²) in [5, 5.41) is 0. The molecule has 2 saturated heterocycles. The second-order valence-electron chi connectivity index (χ2n) is 8.53. The molecule has 5 rings (SSSR count). The van der Waals surface area contributed by atoms with Gasteiger partial charge in [0, 0.05) is 46.2 Å². The van der Waals surface area contributed by atoms with Crippen LogP contribution in [0, 0.1) is 0 Å². The number of hydrogen-bond donors (Lipinski definition) is 0. The highest BCUT2D eigenvalue weighted by Crippen LogP contribution is 2.47. The van der Waals surface area contributed by atoms with E-state index >= 15 is 0 Å². The Morgan fingerprint density at radius 2 is 2.17 bits per heavy atom. The van der Waals surface area contributed by atoms with Crippen molar-refractivity contribution < 1.29 is 14.3 Å². The average Bonchev–Trinajstić information content (AvgIpc) is 3.51. The summed E-state index contributed by atoms with van der Waals surface area (Å²) in [6, 6.07) is 8.01. The van der Waals surface area contributed by atoms with E-state index in [1.54, 1.807) is 25.2 Å². The summed E-state index contributed by atoms with van der Waals surface area (Å²) < 4.78 is 7.76. The lowest BCUT2D eigenvalue weighted by Gasteiger charge is -2.47. The summed E-state index contributed by atoms with van der Waals surface area (Å²) in [7, 11) is 3.54. The molecular formula is C22H27N5O3. The van der Waals surface area contributed by atoms with Crippen LogP contribution >= 0.6 is 0 Å². The minimum atomic E-state index is -0.473. The van der Waals surface area contributed by atoms with Crippen LogP contribution in [0.3, 0.4) is 0 Å². The number of anilines is 1. The molecule has 0 aromatic carbocycles. The molecule has 2 aromatic heterocycles. The van der Waals surface area contributed by atoms with Gasteiger partial charge in [0.05, 0.1) is 17.9 Å². The molecule has 5 heterocycles. The van der Waals surface area contributed by atoms with Crippen LogP contribution in [0.25, 0.3) is 5.82 Å². The van der Waals surface area contributed by atoms with Crippen molar-refractivity contribution in [1.29, 1.82) is 0 Å². The third-order valence-corrected chi connectivity index (χ3v) is 6.58. The third kappa shape index (κ3) is 2.81. The van der Waals surface area contributed by atoms with Crippen LogP contribution in [0.15, 0.2) is 36.7 Å². The van der Waals surface area contributed by atoms with Crippen molar-refractivity contribution in [1.82, 2.24) is 19.4 Å². The van der Waals surface area contributed by atoms with Crippen molar-refractivity contribution in [2.75, 3.05) is 45.2 Å². The molecule has 0 bridgehead atoms. The molecule has 158 valence electrons. The van der Waals surface area contributed by atoms with Crippen LogP contribution in [-0.2, 0) is 19.9 Å². The van der Waals surface area contributed by atoms with Crippen LogP contribution in [0.1, 0.15) is 25.0 Å². The van der Waals surface area contributed by atoms with Crippen LogP contribution in [-0.4, -0.2) is 77.6 Å². The van der Waals surface area contributed by atoms with Crippen molar-refractivity contribution in [2.45, 2.75) is 30.9 Å². The molecule has 8 heteroatoms. The normalized spacial score (nSPS) is 24.8. The molecule has 0 saturated carbocycles. The van der Waals surface area contributed by atoms with Crippen LogP contribution in [0.2, 0.25) is 0 Å². The number of hydrogen-bond acceptors (Lipinski definition) is 5. The van der Waals surface area contributed by atoms with Gasteiger partial charge in [0.1, 0.15) is 11.6 Å². The highest BCUT2D eigenvalue weighted by atomic mass is 16.5. The van der Waals surface area contributed by atoms with Gasteiger partial charge in [-0.05, 0) is 43.5 Å². The largest absolute Gasteiger partial charge is 0.368 e. The zero-order valence-electron chi connectivity index (χ0n) is 17.5. The molecule has 0 radical (unpaired) electrons. The zero-order valence-corrected chi connectivity index (χ0v) is 17.5.